The second-order valence-corrected chi connectivity index (χ2v) is 10.2. The molecule has 4 N–H and O–H groups in total. The van der Waals surface area contributed by atoms with Gasteiger partial charge in [-0.05, 0) is 80.8 Å². The van der Waals surface area contributed by atoms with Crippen LogP contribution in [0.1, 0.15) is 45.4 Å². The molecule has 9 heteroatoms. The number of aromatic nitrogens is 2. The minimum atomic E-state index is -0.268. The van der Waals surface area contributed by atoms with E-state index in [0.29, 0.717) is 18.6 Å². The normalized spacial score (nSPS) is 20.3. The van der Waals surface area contributed by atoms with Crippen molar-refractivity contribution in [3.8, 4) is 11.1 Å². The third kappa shape index (κ3) is 6.65. The van der Waals surface area contributed by atoms with Gasteiger partial charge in [0, 0.05) is 36.7 Å². The quantitative estimate of drug-likeness (QED) is 0.323. The summed E-state index contributed by atoms with van der Waals surface area (Å²) >= 11 is 0. The van der Waals surface area contributed by atoms with Crippen LogP contribution in [0, 0.1) is 5.82 Å². The zero-order valence-electron chi connectivity index (χ0n) is 21.4. The van der Waals surface area contributed by atoms with Gasteiger partial charge in [-0.15, -0.1) is 0 Å². The molecule has 0 radical (unpaired) electrons. The van der Waals surface area contributed by atoms with E-state index in [-0.39, 0.29) is 30.0 Å². The molecule has 2 aliphatic carbocycles. The number of rotatable bonds is 9. The Kier molecular flexibility index (Phi) is 7.69. The van der Waals surface area contributed by atoms with Crippen LogP contribution in [-0.4, -0.2) is 53.9 Å². The van der Waals surface area contributed by atoms with Gasteiger partial charge < -0.3 is 26.0 Å². The smallest absolute Gasteiger partial charge is 0.315 e. The van der Waals surface area contributed by atoms with E-state index in [0.717, 1.165) is 66.4 Å². The van der Waals surface area contributed by atoms with Crippen molar-refractivity contribution in [2.24, 2.45) is 0 Å². The van der Waals surface area contributed by atoms with Crippen molar-refractivity contribution in [3.63, 3.8) is 0 Å². The molecule has 1 heterocycles. The maximum Gasteiger partial charge on any atom is 0.315 e. The van der Waals surface area contributed by atoms with Gasteiger partial charge in [0.2, 0.25) is 5.95 Å². The highest BCUT2D eigenvalue weighted by Gasteiger charge is 2.27. The summed E-state index contributed by atoms with van der Waals surface area (Å²) < 4.78 is 19.1. The lowest BCUT2D eigenvalue weighted by Crippen LogP contribution is -2.45. The lowest BCUT2D eigenvalue weighted by molar-refractivity contribution is 0.190. The number of halogens is 1. The van der Waals surface area contributed by atoms with Crippen LogP contribution < -0.4 is 21.3 Å². The van der Waals surface area contributed by atoms with Gasteiger partial charge in [0.15, 0.2) is 0 Å². The fourth-order valence-corrected chi connectivity index (χ4v) is 4.88. The highest BCUT2D eigenvalue weighted by atomic mass is 19.1. The Hall–Kier alpha value is -3.46. The molecular formula is C28H35FN6O2. The number of hydrogen-bond acceptors (Lipinski definition) is 6. The van der Waals surface area contributed by atoms with Gasteiger partial charge in [-0.1, -0.05) is 18.2 Å². The molecule has 3 aromatic rings. The van der Waals surface area contributed by atoms with Crippen molar-refractivity contribution in [2.75, 3.05) is 24.4 Å². The molecule has 0 unspecified atom stereocenters. The average molecular weight is 507 g/mol. The zero-order valence-corrected chi connectivity index (χ0v) is 21.4. The largest absolute Gasteiger partial charge is 0.383 e. The van der Waals surface area contributed by atoms with Crippen molar-refractivity contribution >= 4 is 28.7 Å². The number of amides is 2. The van der Waals surface area contributed by atoms with Crippen LogP contribution in [0.2, 0.25) is 0 Å². The van der Waals surface area contributed by atoms with Gasteiger partial charge in [-0.2, -0.15) is 4.98 Å². The number of ether oxygens (including phenoxy) is 1. The Morgan fingerprint density at radius 2 is 1.65 bits per heavy atom. The topological polar surface area (TPSA) is 100 Å². The van der Waals surface area contributed by atoms with Crippen LogP contribution >= 0.6 is 0 Å². The molecule has 8 nitrogen and oxygen atoms in total. The highest BCUT2D eigenvalue weighted by Crippen LogP contribution is 2.31. The van der Waals surface area contributed by atoms with Gasteiger partial charge in [0.1, 0.15) is 11.6 Å². The first kappa shape index (κ1) is 25.2. The minimum Gasteiger partial charge on any atom is -0.383 e. The van der Waals surface area contributed by atoms with Gasteiger partial charge in [0.25, 0.3) is 0 Å². The van der Waals surface area contributed by atoms with E-state index in [4.69, 9.17) is 14.7 Å². The molecule has 2 amide bonds. The van der Waals surface area contributed by atoms with Crippen molar-refractivity contribution in [2.45, 2.75) is 69.6 Å². The zero-order chi connectivity index (χ0) is 25.8. The van der Waals surface area contributed by atoms with E-state index in [1.165, 1.54) is 12.1 Å². The molecule has 0 aliphatic heterocycles. The summed E-state index contributed by atoms with van der Waals surface area (Å²) in [6.07, 6.45) is 5.82. The minimum absolute atomic E-state index is 0.0464. The van der Waals surface area contributed by atoms with Crippen molar-refractivity contribution in [1.29, 1.82) is 0 Å². The molecule has 2 aromatic carbocycles. The number of anilines is 2. The number of fused-ring (bicyclic) bond motifs is 1. The molecule has 0 bridgehead atoms. The first-order chi connectivity index (χ1) is 18.0. The lowest BCUT2D eigenvalue weighted by Gasteiger charge is -2.30. The SMILES string of the molecule is COC[C@H](C)Nc1nc(NC2CCC(NC(=O)NC3CC3)CC2)c2cc(-c3cccc(F)c3)ccc2n1. The number of hydrogen-bond donors (Lipinski definition) is 4. The molecule has 1 atom stereocenters. The highest BCUT2D eigenvalue weighted by molar-refractivity contribution is 5.93. The maximum atomic E-state index is 13.9. The van der Waals surface area contributed by atoms with Gasteiger partial charge in [0.05, 0.1) is 12.1 Å². The van der Waals surface area contributed by atoms with Crippen LogP contribution in [0.5, 0.6) is 0 Å². The number of nitrogens with zero attached hydrogens (tertiary/aromatic N) is 2. The predicted molar refractivity (Wildman–Crippen MR) is 144 cm³/mol. The number of methoxy groups -OCH3 is 1. The number of carbonyl (C=O) groups excluding carboxylic acids is 1. The van der Waals surface area contributed by atoms with Crippen LogP contribution in [0.25, 0.3) is 22.0 Å². The van der Waals surface area contributed by atoms with E-state index >= 15 is 0 Å². The molecule has 196 valence electrons. The second-order valence-electron chi connectivity index (χ2n) is 10.2. The van der Waals surface area contributed by atoms with E-state index < -0.39 is 0 Å². The average Bonchev–Trinajstić information content (AvgIpc) is 3.69. The van der Waals surface area contributed by atoms with E-state index in [9.17, 15) is 9.18 Å². The first-order valence-electron chi connectivity index (χ1n) is 13.1. The molecule has 2 fully saturated rings. The van der Waals surface area contributed by atoms with Crippen LogP contribution in [-0.2, 0) is 4.74 Å². The van der Waals surface area contributed by atoms with Gasteiger partial charge >= 0.3 is 6.03 Å². The molecule has 37 heavy (non-hydrogen) atoms. The first-order valence-corrected chi connectivity index (χ1v) is 13.1. The summed E-state index contributed by atoms with van der Waals surface area (Å²) in [5.74, 6) is 1.01. The number of benzene rings is 2. The summed E-state index contributed by atoms with van der Waals surface area (Å²) in [6, 6.07) is 13.3. The summed E-state index contributed by atoms with van der Waals surface area (Å²) in [7, 11) is 1.67. The Bertz CT molecular complexity index is 1240. The maximum absolute atomic E-state index is 13.9. The Balaban J connectivity index is 1.35. The van der Waals surface area contributed by atoms with Crippen LogP contribution in [0.3, 0.4) is 0 Å². The number of urea groups is 1. The molecule has 2 saturated carbocycles. The predicted octanol–water partition coefficient (Wildman–Crippen LogP) is 5.07. The second kappa shape index (κ2) is 11.3. The molecule has 2 aliphatic rings. The molecule has 5 rings (SSSR count). The van der Waals surface area contributed by atoms with Crippen molar-refractivity contribution < 1.29 is 13.9 Å². The summed E-state index contributed by atoms with van der Waals surface area (Å²) in [5, 5.41) is 14.0. The third-order valence-electron chi connectivity index (χ3n) is 6.96. The van der Waals surface area contributed by atoms with Crippen molar-refractivity contribution in [3.05, 3.63) is 48.3 Å². The standard InChI is InChI=1S/C28H35FN6O2/c1-17(16-37-2)30-27-34-25-13-6-19(18-4-3-5-20(29)14-18)15-24(25)26(35-27)31-21-7-9-22(10-8-21)32-28(36)33-23-11-12-23/h3-6,13-15,17,21-23H,7-12,16H2,1-2H3,(H2,32,33,36)(H2,30,31,34,35)/t17-,21?,22?/m0/s1. The fraction of sp³-hybridized carbons (Fsp3) is 0.464. The Labute approximate surface area is 216 Å². The summed E-state index contributed by atoms with van der Waals surface area (Å²) in [4.78, 5) is 21.7. The van der Waals surface area contributed by atoms with Crippen LogP contribution in [0.15, 0.2) is 42.5 Å². The summed E-state index contributed by atoms with van der Waals surface area (Å²) in [5.41, 5.74) is 2.51. The number of carbonyl (C=O) groups is 1. The third-order valence-corrected chi connectivity index (χ3v) is 6.96. The molecule has 1 aromatic heterocycles. The fourth-order valence-electron chi connectivity index (χ4n) is 4.88. The van der Waals surface area contributed by atoms with Gasteiger partial charge in [-0.25, -0.2) is 14.2 Å². The van der Waals surface area contributed by atoms with Gasteiger partial charge in [-0.3, -0.25) is 0 Å². The summed E-state index contributed by atoms with van der Waals surface area (Å²) in [6.45, 7) is 2.55. The van der Waals surface area contributed by atoms with E-state index in [1.54, 1.807) is 13.2 Å². The number of nitrogens with one attached hydrogen (secondary N) is 4. The Morgan fingerprint density at radius 1 is 0.973 bits per heavy atom. The van der Waals surface area contributed by atoms with E-state index in [2.05, 4.69) is 21.3 Å². The van der Waals surface area contributed by atoms with E-state index in [1.807, 2.05) is 31.2 Å². The van der Waals surface area contributed by atoms with Crippen LogP contribution in [0.4, 0.5) is 21.0 Å². The van der Waals surface area contributed by atoms with Crippen molar-refractivity contribution in [1.82, 2.24) is 20.6 Å². The Morgan fingerprint density at radius 3 is 2.32 bits per heavy atom. The molecular weight excluding hydrogens is 471 g/mol. The molecule has 0 spiro atoms. The lowest BCUT2D eigenvalue weighted by atomic mass is 9.91. The monoisotopic (exact) mass is 506 g/mol. The molecule has 0 saturated heterocycles.